The number of carbonyl (C=O) groups excluding carboxylic acids is 2. The molecule has 2 atom stereocenters. The maximum absolute atomic E-state index is 13.1. The molecule has 3 rings (SSSR count). The monoisotopic (exact) mass is 444 g/mol. The fraction of sp³-hybridized carbons (Fsp3) is 0.625. The van der Waals surface area contributed by atoms with E-state index in [0.717, 1.165) is 29.3 Å². The second-order valence-corrected chi connectivity index (χ2v) is 10.4. The standard InChI is InChI=1S/C24H36N4O2S/c1-16(2)28(17(3)4)22(29)14-27-21-10-8-7-9-20(21)25-24(27)31-15-23(30)26-12-18(5)11-19(6)13-26/h7-10,16-19H,11-15H2,1-6H3/t18-,19+. The molecule has 2 aromatic rings. The zero-order valence-electron chi connectivity index (χ0n) is 19.7. The van der Waals surface area contributed by atoms with Gasteiger partial charge in [0.2, 0.25) is 11.8 Å². The smallest absolute Gasteiger partial charge is 0.243 e. The fourth-order valence-electron chi connectivity index (χ4n) is 4.79. The topological polar surface area (TPSA) is 58.4 Å². The van der Waals surface area contributed by atoms with E-state index in [4.69, 9.17) is 4.98 Å². The molecule has 0 radical (unpaired) electrons. The highest BCUT2D eigenvalue weighted by atomic mass is 32.2. The summed E-state index contributed by atoms with van der Waals surface area (Å²) in [5.74, 6) is 1.64. The van der Waals surface area contributed by atoms with Crippen molar-refractivity contribution in [3.8, 4) is 0 Å². The van der Waals surface area contributed by atoms with Crippen molar-refractivity contribution in [1.29, 1.82) is 0 Å². The van der Waals surface area contributed by atoms with E-state index in [1.807, 2.05) is 66.3 Å². The first kappa shape index (κ1) is 23.6. The SMILES string of the molecule is CC(C)N(C(=O)Cn1c(SCC(=O)N2C[C@H](C)C[C@H](C)C2)nc2ccccc21)C(C)C. The van der Waals surface area contributed by atoms with Gasteiger partial charge in [-0.3, -0.25) is 9.59 Å². The van der Waals surface area contributed by atoms with Crippen LogP contribution in [0.4, 0.5) is 0 Å². The minimum Gasteiger partial charge on any atom is -0.341 e. The van der Waals surface area contributed by atoms with Crippen LogP contribution in [0.25, 0.3) is 11.0 Å². The van der Waals surface area contributed by atoms with Crippen LogP contribution in [0.15, 0.2) is 29.4 Å². The molecule has 1 aromatic carbocycles. The third kappa shape index (κ3) is 5.62. The Balaban J connectivity index is 1.79. The molecule has 1 aliphatic rings. The van der Waals surface area contributed by atoms with E-state index in [1.54, 1.807) is 0 Å². The first-order valence-electron chi connectivity index (χ1n) is 11.3. The molecule has 0 N–H and O–H groups in total. The van der Waals surface area contributed by atoms with Crippen LogP contribution < -0.4 is 0 Å². The van der Waals surface area contributed by atoms with Crippen LogP contribution in [-0.4, -0.2) is 62.1 Å². The van der Waals surface area contributed by atoms with Crippen LogP contribution in [-0.2, 0) is 16.1 Å². The highest BCUT2D eigenvalue weighted by Crippen LogP contribution is 2.27. The summed E-state index contributed by atoms with van der Waals surface area (Å²) in [6, 6.07) is 8.12. The Morgan fingerprint density at radius 3 is 2.32 bits per heavy atom. The summed E-state index contributed by atoms with van der Waals surface area (Å²) >= 11 is 1.44. The second kappa shape index (κ2) is 10.1. The largest absolute Gasteiger partial charge is 0.341 e. The number of piperidine rings is 1. The molecule has 170 valence electrons. The number of hydrogen-bond donors (Lipinski definition) is 0. The number of rotatable bonds is 7. The summed E-state index contributed by atoms with van der Waals surface area (Å²) in [5, 5.41) is 0.730. The number of carbonyl (C=O) groups is 2. The Hall–Kier alpha value is -2.02. The molecule has 0 aliphatic carbocycles. The van der Waals surface area contributed by atoms with Crippen LogP contribution in [0.5, 0.6) is 0 Å². The van der Waals surface area contributed by atoms with E-state index in [0.29, 0.717) is 17.6 Å². The van der Waals surface area contributed by atoms with Gasteiger partial charge in [-0.15, -0.1) is 0 Å². The van der Waals surface area contributed by atoms with E-state index in [9.17, 15) is 9.59 Å². The van der Waals surface area contributed by atoms with Crippen molar-refractivity contribution in [2.75, 3.05) is 18.8 Å². The molecule has 6 nitrogen and oxygen atoms in total. The molecule has 0 saturated carbocycles. The minimum absolute atomic E-state index is 0.0695. The Morgan fingerprint density at radius 1 is 1.10 bits per heavy atom. The number of benzene rings is 1. The van der Waals surface area contributed by atoms with Gasteiger partial charge in [-0.2, -0.15) is 0 Å². The molecule has 0 bridgehead atoms. The molecule has 0 unspecified atom stereocenters. The lowest BCUT2D eigenvalue weighted by Crippen LogP contribution is -2.44. The van der Waals surface area contributed by atoms with Crippen molar-refractivity contribution >= 4 is 34.6 Å². The number of likely N-dealkylation sites (tertiary alicyclic amines) is 1. The zero-order valence-corrected chi connectivity index (χ0v) is 20.5. The summed E-state index contributed by atoms with van der Waals surface area (Å²) in [7, 11) is 0. The van der Waals surface area contributed by atoms with Crippen LogP contribution in [0.3, 0.4) is 0 Å². The quantitative estimate of drug-likeness (QED) is 0.598. The Bertz CT molecular complexity index is 905. The third-order valence-electron chi connectivity index (χ3n) is 5.86. The number of hydrogen-bond acceptors (Lipinski definition) is 4. The second-order valence-electron chi connectivity index (χ2n) is 9.49. The van der Waals surface area contributed by atoms with Crippen LogP contribution >= 0.6 is 11.8 Å². The van der Waals surface area contributed by atoms with Gasteiger partial charge < -0.3 is 14.4 Å². The van der Waals surface area contributed by atoms with Gasteiger partial charge in [0.15, 0.2) is 5.16 Å². The molecule has 1 fully saturated rings. The van der Waals surface area contributed by atoms with E-state index in [-0.39, 0.29) is 30.4 Å². The van der Waals surface area contributed by atoms with Crippen molar-refractivity contribution in [2.45, 2.75) is 71.7 Å². The minimum atomic E-state index is 0.0695. The normalized spacial score (nSPS) is 19.4. The predicted molar refractivity (Wildman–Crippen MR) is 127 cm³/mol. The van der Waals surface area contributed by atoms with Crippen LogP contribution in [0.1, 0.15) is 48.0 Å². The Kier molecular flexibility index (Phi) is 7.68. The zero-order chi connectivity index (χ0) is 22.7. The van der Waals surface area contributed by atoms with Gasteiger partial charge in [0.1, 0.15) is 6.54 Å². The van der Waals surface area contributed by atoms with E-state index in [1.165, 1.54) is 18.2 Å². The maximum Gasteiger partial charge on any atom is 0.243 e. The van der Waals surface area contributed by atoms with Crippen LogP contribution in [0, 0.1) is 11.8 Å². The molecule has 7 heteroatoms. The number of aromatic nitrogens is 2. The summed E-state index contributed by atoms with van der Waals surface area (Å²) < 4.78 is 1.97. The van der Waals surface area contributed by atoms with E-state index < -0.39 is 0 Å². The molecule has 2 heterocycles. The van der Waals surface area contributed by atoms with E-state index in [2.05, 4.69) is 13.8 Å². The highest BCUT2D eigenvalue weighted by Gasteiger charge is 2.27. The van der Waals surface area contributed by atoms with Gasteiger partial charge in [-0.1, -0.05) is 37.7 Å². The van der Waals surface area contributed by atoms with Crippen molar-refractivity contribution in [3.63, 3.8) is 0 Å². The average molecular weight is 445 g/mol. The van der Waals surface area contributed by atoms with Crippen molar-refractivity contribution in [1.82, 2.24) is 19.4 Å². The molecule has 1 aliphatic heterocycles. The Labute approximate surface area is 190 Å². The summed E-state index contributed by atoms with van der Waals surface area (Å²) in [6.45, 7) is 14.5. The molecule has 2 amide bonds. The number of amides is 2. The third-order valence-corrected chi connectivity index (χ3v) is 6.82. The first-order valence-corrected chi connectivity index (χ1v) is 12.3. The summed E-state index contributed by atoms with van der Waals surface area (Å²) in [4.78, 5) is 34.7. The van der Waals surface area contributed by atoms with Crippen molar-refractivity contribution in [2.24, 2.45) is 11.8 Å². The molecule has 31 heavy (non-hydrogen) atoms. The molecule has 0 spiro atoms. The number of nitrogens with zero attached hydrogens (tertiary/aromatic N) is 4. The van der Waals surface area contributed by atoms with Gasteiger partial charge in [-0.25, -0.2) is 4.98 Å². The average Bonchev–Trinajstić information content (AvgIpc) is 3.02. The lowest BCUT2D eigenvalue weighted by Gasteiger charge is -2.35. The predicted octanol–water partition coefficient (Wildman–Crippen LogP) is 4.28. The van der Waals surface area contributed by atoms with E-state index >= 15 is 0 Å². The van der Waals surface area contributed by atoms with Crippen molar-refractivity contribution < 1.29 is 9.59 Å². The molecular weight excluding hydrogens is 408 g/mol. The van der Waals surface area contributed by atoms with Gasteiger partial charge in [-0.05, 0) is 58.1 Å². The number of thioether (sulfide) groups is 1. The van der Waals surface area contributed by atoms with Gasteiger partial charge >= 0.3 is 0 Å². The highest BCUT2D eigenvalue weighted by molar-refractivity contribution is 7.99. The lowest BCUT2D eigenvalue weighted by atomic mass is 9.92. The summed E-state index contributed by atoms with van der Waals surface area (Å²) in [5.41, 5.74) is 1.78. The fourth-order valence-corrected chi connectivity index (χ4v) is 5.71. The van der Waals surface area contributed by atoms with Crippen LogP contribution in [0.2, 0.25) is 0 Å². The maximum atomic E-state index is 13.1. The van der Waals surface area contributed by atoms with Crippen molar-refractivity contribution in [3.05, 3.63) is 24.3 Å². The molecule has 1 aromatic heterocycles. The Morgan fingerprint density at radius 2 is 1.71 bits per heavy atom. The first-order chi connectivity index (χ1) is 14.7. The van der Waals surface area contributed by atoms with Gasteiger partial charge in [0.05, 0.1) is 16.8 Å². The number of imidazole rings is 1. The van der Waals surface area contributed by atoms with Gasteiger partial charge in [0.25, 0.3) is 0 Å². The van der Waals surface area contributed by atoms with Gasteiger partial charge in [0, 0.05) is 25.2 Å². The molecule has 1 saturated heterocycles. The molecular formula is C24H36N4O2S. The number of fused-ring (bicyclic) bond motifs is 1. The number of para-hydroxylation sites is 2. The summed E-state index contributed by atoms with van der Waals surface area (Å²) in [6.07, 6.45) is 1.18. The lowest BCUT2D eigenvalue weighted by molar-refractivity contribution is -0.135.